The predicted octanol–water partition coefficient (Wildman–Crippen LogP) is 1.25. The third kappa shape index (κ3) is 2.87. The highest BCUT2D eigenvalue weighted by atomic mass is 16.2. The van der Waals surface area contributed by atoms with Gasteiger partial charge in [-0.25, -0.2) is 4.98 Å². The zero-order valence-corrected chi connectivity index (χ0v) is 13.2. The van der Waals surface area contributed by atoms with Crippen LogP contribution in [0.2, 0.25) is 0 Å². The number of nitrogens with zero attached hydrogens (tertiary/aromatic N) is 2. The molecule has 6 heteroatoms. The molecule has 0 unspecified atom stereocenters. The van der Waals surface area contributed by atoms with Crippen molar-refractivity contribution >= 4 is 11.6 Å². The molecule has 0 saturated carbocycles. The largest absolute Gasteiger partial charge is 0.345 e. The number of hydrogen-bond acceptors (Lipinski definition) is 4. The minimum absolute atomic E-state index is 0.0288. The highest BCUT2D eigenvalue weighted by Gasteiger charge is 2.28. The van der Waals surface area contributed by atoms with Gasteiger partial charge in [-0.2, -0.15) is 0 Å². The molecule has 118 valence electrons. The summed E-state index contributed by atoms with van der Waals surface area (Å²) in [5, 5.41) is 2.90. The first-order valence-corrected chi connectivity index (χ1v) is 7.47. The molecule has 2 aromatic heterocycles. The van der Waals surface area contributed by atoms with E-state index in [1.165, 1.54) is 10.6 Å². The number of amides is 1. The van der Waals surface area contributed by atoms with Crippen molar-refractivity contribution in [2.75, 3.05) is 6.54 Å². The van der Waals surface area contributed by atoms with E-state index in [-0.39, 0.29) is 11.1 Å². The van der Waals surface area contributed by atoms with Gasteiger partial charge in [0.25, 0.3) is 11.5 Å². The molecule has 0 radical (unpaired) electrons. The smallest absolute Gasteiger partial charge is 0.270 e. The lowest BCUT2D eigenvalue weighted by Gasteiger charge is -2.31. The van der Waals surface area contributed by atoms with Gasteiger partial charge in [0, 0.05) is 18.9 Å². The molecule has 0 aliphatic carbocycles. The maximum absolute atomic E-state index is 12.5. The molecular weight excluding hydrogens is 280 g/mol. The summed E-state index contributed by atoms with van der Waals surface area (Å²) in [6.07, 6.45) is 4.37. The van der Waals surface area contributed by atoms with Crippen LogP contribution in [0, 0.1) is 6.92 Å². The SMILES string of the molecule is CCC(CC)(CN)NC(=O)c1cnc2cc(C)ccn2c1=O. The number of hydrogen-bond donors (Lipinski definition) is 2. The number of aromatic nitrogens is 2. The van der Waals surface area contributed by atoms with Gasteiger partial charge in [0.05, 0.1) is 5.54 Å². The van der Waals surface area contributed by atoms with Gasteiger partial charge in [-0.15, -0.1) is 0 Å². The van der Waals surface area contributed by atoms with Crippen LogP contribution in [0.1, 0.15) is 42.6 Å². The number of carbonyl (C=O) groups excluding carboxylic acids is 1. The number of carbonyl (C=O) groups is 1. The summed E-state index contributed by atoms with van der Waals surface area (Å²) in [6.45, 7) is 6.17. The molecule has 3 N–H and O–H groups in total. The Labute approximate surface area is 129 Å². The van der Waals surface area contributed by atoms with Crippen LogP contribution in [-0.4, -0.2) is 27.4 Å². The minimum Gasteiger partial charge on any atom is -0.345 e. The van der Waals surface area contributed by atoms with E-state index in [1.807, 2.05) is 20.8 Å². The molecule has 6 nitrogen and oxygen atoms in total. The quantitative estimate of drug-likeness (QED) is 0.870. The third-order valence-corrected chi connectivity index (χ3v) is 4.23. The van der Waals surface area contributed by atoms with E-state index in [4.69, 9.17) is 5.73 Å². The van der Waals surface area contributed by atoms with Crippen molar-refractivity contribution in [3.05, 3.63) is 46.0 Å². The first-order valence-electron chi connectivity index (χ1n) is 7.47. The van der Waals surface area contributed by atoms with E-state index in [9.17, 15) is 9.59 Å². The van der Waals surface area contributed by atoms with Crippen molar-refractivity contribution in [2.45, 2.75) is 39.2 Å². The number of nitrogens with one attached hydrogen (secondary N) is 1. The molecule has 0 bridgehead atoms. The maximum Gasteiger partial charge on any atom is 0.270 e. The Kier molecular flexibility index (Phi) is 4.61. The molecule has 0 fully saturated rings. The monoisotopic (exact) mass is 302 g/mol. The Hall–Kier alpha value is -2.21. The van der Waals surface area contributed by atoms with E-state index in [2.05, 4.69) is 10.3 Å². The van der Waals surface area contributed by atoms with Crippen molar-refractivity contribution in [1.82, 2.24) is 14.7 Å². The molecule has 2 aromatic rings. The fourth-order valence-corrected chi connectivity index (χ4v) is 2.41. The molecule has 0 aliphatic heterocycles. The zero-order chi connectivity index (χ0) is 16.3. The minimum atomic E-state index is -0.490. The van der Waals surface area contributed by atoms with E-state index in [1.54, 1.807) is 18.3 Å². The van der Waals surface area contributed by atoms with Crippen LogP contribution in [0.4, 0.5) is 0 Å². The van der Waals surface area contributed by atoms with Crippen molar-refractivity contribution in [3.8, 4) is 0 Å². The van der Waals surface area contributed by atoms with Gasteiger partial charge >= 0.3 is 0 Å². The number of aryl methyl sites for hydroxylation is 1. The van der Waals surface area contributed by atoms with Gasteiger partial charge < -0.3 is 11.1 Å². The Balaban J connectivity index is 2.43. The molecule has 2 rings (SSSR count). The molecule has 22 heavy (non-hydrogen) atoms. The number of fused-ring (bicyclic) bond motifs is 1. The summed E-state index contributed by atoms with van der Waals surface area (Å²) in [6, 6.07) is 3.60. The molecule has 1 amide bonds. The first kappa shape index (κ1) is 16.2. The predicted molar refractivity (Wildman–Crippen MR) is 86.0 cm³/mol. The second-order valence-corrected chi connectivity index (χ2v) is 5.56. The van der Waals surface area contributed by atoms with Crippen LogP contribution in [-0.2, 0) is 0 Å². The van der Waals surface area contributed by atoms with Gasteiger partial charge in [-0.3, -0.25) is 14.0 Å². The molecular formula is C16H22N4O2. The Bertz CT molecular complexity index is 739. The van der Waals surface area contributed by atoms with Crippen LogP contribution < -0.4 is 16.6 Å². The van der Waals surface area contributed by atoms with Crippen LogP contribution in [0.5, 0.6) is 0 Å². The van der Waals surface area contributed by atoms with E-state index >= 15 is 0 Å². The van der Waals surface area contributed by atoms with Crippen LogP contribution in [0.15, 0.2) is 29.3 Å². The van der Waals surface area contributed by atoms with E-state index < -0.39 is 11.4 Å². The van der Waals surface area contributed by atoms with Gasteiger partial charge in [0.15, 0.2) is 0 Å². The highest BCUT2D eigenvalue weighted by molar-refractivity contribution is 5.94. The normalized spacial score (nSPS) is 11.6. The van der Waals surface area contributed by atoms with Crippen molar-refractivity contribution in [3.63, 3.8) is 0 Å². The van der Waals surface area contributed by atoms with E-state index in [0.717, 1.165) is 5.56 Å². The van der Waals surface area contributed by atoms with Crippen molar-refractivity contribution in [1.29, 1.82) is 0 Å². The topological polar surface area (TPSA) is 89.5 Å². The second kappa shape index (κ2) is 6.27. The van der Waals surface area contributed by atoms with Crippen LogP contribution in [0.3, 0.4) is 0 Å². The Morgan fingerprint density at radius 1 is 1.41 bits per heavy atom. The van der Waals surface area contributed by atoms with Gasteiger partial charge in [0.1, 0.15) is 11.2 Å². The van der Waals surface area contributed by atoms with Gasteiger partial charge in [-0.05, 0) is 37.5 Å². The summed E-state index contributed by atoms with van der Waals surface area (Å²) >= 11 is 0. The lowest BCUT2D eigenvalue weighted by Crippen LogP contribution is -2.53. The molecule has 0 spiro atoms. The lowest BCUT2D eigenvalue weighted by molar-refractivity contribution is 0.0893. The third-order valence-electron chi connectivity index (χ3n) is 4.23. The summed E-state index contributed by atoms with van der Waals surface area (Å²) in [7, 11) is 0. The lowest BCUT2D eigenvalue weighted by atomic mass is 9.92. The molecule has 0 aromatic carbocycles. The standard InChI is InChI=1S/C16H22N4O2/c1-4-16(5-2,10-17)19-14(21)12-9-18-13-8-11(3)6-7-20(13)15(12)22/h6-9H,4-5,10,17H2,1-3H3,(H,19,21). The first-order chi connectivity index (χ1) is 10.5. The summed E-state index contributed by atoms with van der Waals surface area (Å²) in [5.41, 5.74) is 6.48. The average Bonchev–Trinajstić information content (AvgIpc) is 2.52. The summed E-state index contributed by atoms with van der Waals surface area (Å²) < 4.78 is 1.38. The number of rotatable bonds is 5. The maximum atomic E-state index is 12.5. The number of pyridine rings is 1. The van der Waals surface area contributed by atoms with Gasteiger partial charge in [-0.1, -0.05) is 13.8 Å². The second-order valence-electron chi connectivity index (χ2n) is 5.56. The fourth-order valence-electron chi connectivity index (χ4n) is 2.41. The Morgan fingerprint density at radius 2 is 2.09 bits per heavy atom. The van der Waals surface area contributed by atoms with Crippen molar-refractivity contribution in [2.24, 2.45) is 5.73 Å². The van der Waals surface area contributed by atoms with Crippen LogP contribution in [0.25, 0.3) is 5.65 Å². The molecule has 0 atom stereocenters. The highest BCUT2D eigenvalue weighted by Crippen LogP contribution is 2.14. The zero-order valence-electron chi connectivity index (χ0n) is 13.2. The summed E-state index contributed by atoms with van der Waals surface area (Å²) in [5.74, 6) is -0.429. The van der Waals surface area contributed by atoms with Gasteiger partial charge in [0.2, 0.25) is 0 Å². The molecule has 0 aliphatic rings. The number of nitrogens with two attached hydrogens (primary N) is 1. The fraction of sp³-hybridized carbons (Fsp3) is 0.438. The Morgan fingerprint density at radius 3 is 2.68 bits per heavy atom. The van der Waals surface area contributed by atoms with E-state index in [0.29, 0.717) is 25.0 Å². The van der Waals surface area contributed by atoms with Crippen LogP contribution >= 0.6 is 0 Å². The summed E-state index contributed by atoms with van der Waals surface area (Å²) in [4.78, 5) is 29.1. The molecule has 0 saturated heterocycles. The average molecular weight is 302 g/mol. The molecule has 2 heterocycles. The van der Waals surface area contributed by atoms with Crippen molar-refractivity contribution < 1.29 is 4.79 Å².